The lowest BCUT2D eigenvalue weighted by atomic mass is 10.1. The molecule has 0 radical (unpaired) electrons. The van der Waals surface area contributed by atoms with Crippen LogP contribution in [-0.2, 0) is 62.7 Å². The Morgan fingerprint density at radius 1 is 0.526 bits per heavy atom. The summed E-state index contributed by atoms with van der Waals surface area (Å²) in [4.78, 5) is 50.5. The number of nitrogens with two attached hydrogens (primary N) is 1. The number of nitrogens with one attached hydrogen (secondary N) is 3. The number of ether oxygens (including phenoxy) is 12. The van der Waals surface area contributed by atoms with Gasteiger partial charge in [-0.15, -0.1) is 0 Å². The molecule has 25 nitrogen and oxygen atoms in total. The molecule has 3 aliphatic heterocycles. The lowest BCUT2D eigenvalue weighted by Gasteiger charge is -2.28. The highest BCUT2D eigenvalue weighted by molar-refractivity contribution is 5.77. The molecule has 0 aromatic heterocycles. The van der Waals surface area contributed by atoms with Crippen molar-refractivity contribution in [1.82, 2.24) is 26.2 Å². The second kappa shape index (κ2) is 37.6. The lowest BCUT2D eigenvalue weighted by molar-refractivity contribution is -0.285. The summed E-state index contributed by atoms with van der Waals surface area (Å²) in [5, 5.41) is 17.1. The zero-order valence-electron chi connectivity index (χ0n) is 47.2. The Hall–Kier alpha value is -6.13. The topological polar surface area (TPSA) is 278 Å². The van der Waals surface area contributed by atoms with E-state index < -0.39 is 12.6 Å². The van der Waals surface area contributed by atoms with Gasteiger partial charge in [-0.25, -0.2) is 4.79 Å². The number of aliphatic carboxylic acids is 1. The Labute approximate surface area is 458 Å². The maximum Gasteiger partial charge on any atom is 0.341 e. The molecule has 3 heterocycles. The molecule has 0 spiro atoms. The van der Waals surface area contributed by atoms with Crippen LogP contribution in [0.15, 0.2) is 36.4 Å². The number of nitrogens with zero attached hydrogens (tertiary/aromatic N) is 2. The fraction of sp³-hybridized carbons (Fsp3) is 0.604. The number of hydrogen-bond donors (Lipinski definition) is 5. The molecule has 6 rings (SSSR count). The zero-order chi connectivity index (χ0) is 57.2. The van der Waals surface area contributed by atoms with Gasteiger partial charge in [0.15, 0.2) is 38.7 Å². The van der Waals surface area contributed by atoms with Crippen molar-refractivity contribution in [3.05, 3.63) is 53.1 Å². The highest BCUT2D eigenvalue weighted by atomic mass is 16.8. The smallest absolute Gasteiger partial charge is 0.341 e. The van der Waals surface area contributed by atoms with Crippen LogP contribution in [0, 0.1) is 0 Å². The fourth-order valence-electron chi connectivity index (χ4n) is 7.72. The highest BCUT2D eigenvalue weighted by Gasteiger charge is 2.23. The molecule has 3 unspecified atom stereocenters. The Morgan fingerprint density at radius 3 is 1.14 bits per heavy atom. The first-order valence-corrected chi connectivity index (χ1v) is 25.6. The molecule has 25 heteroatoms. The van der Waals surface area contributed by atoms with Crippen LogP contribution in [0.4, 0.5) is 0 Å². The van der Waals surface area contributed by atoms with Crippen molar-refractivity contribution in [3.63, 3.8) is 0 Å². The molecule has 2 amide bonds. The molecule has 0 aliphatic carbocycles. The van der Waals surface area contributed by atoms with Crippen molar-refractivity contribution in [3.8, 4) is 51.7 Å². The van der Waals surface area contributed by atoms with Crippen molar-refractivity contribution in [1.29, 1.82) is 0 Å². The number of likely N-dealkylation sites (N-methyl/N-ethyl adjacent to an activating group) is 2. The molecular weight excluding hydrogens is 1020 g/mol. The highest BCUT2D eigenvalue weighted by Crippen LogP contribution is 2.37. The number of carbonyl (C=O) groups is 3. The van der Waals surface area contributed by atoms with E-state index in [0.717, 1.165) is 87.7 Å². The minimum Gasteiger partial charge on any atom is -0.496 e. The van der Waals surface area contributed by atoms with Gasteiger partial charge in [-0.05, 0) is 45.6 Å². The first kappa shape index (κ1) is 66.2. The molecule has 78 heavy (non-hydrogen) atoms. The second-order valence-electron chi connectivity index (χ2n) is 17.1. The molecule has 0 bridgehead atoms. The molecular formula is C53H84N6O19. The number of carboxylic acids is 1. The van der Waals surface area contributed by atoms with E-state index in [2.05, 4.69) is 21.8 Å². The Bertz CT molecular complexity index is 2130. The Balaban J connectivity index is 0.000000303. The summed E-state index contributed by atoms with van der Waals surface area (Å²) < 4.78 is 65.4. The molecule has 3 fully saturated rings. The predicted molar refractivity (Wildman–Crippen MR) is 285 cm³/mol. The van der Waals surface area contributed by atoms with Crippen molar-refractivity contribution < 1.29 is 90.8 Å². The summed E-state index contributed by atoms with van der Waals surface area (Å²) in [6.07, 6.45) is 8.39. The molecule has 440 valence electrons. The van der Waals surface area contributed by atoms with Gasteiger partial charge in [0.1, 0.15) is 51.7 Å². The Morgan fingerprint density at radius 2 is 0.846 bits per heavy atom. The van der Waals surface area contributed by atoms with Crippen molar-refractivity contribution in [2.24, 2.45) is 5.73 Å². The monoisotopic (exact) mass is 1110 g/mol. The third-order valence-corrected chi connectivity index (χ3v) is 11.6. The predicted octanol–water partition coefficient (Wildman–Crippen LogP) is 4.73. The van der Waals surface area contributed by atoms with Gasteiger partial charge >= 0.3 is 5.97 Å². The van der Waals surface area contributed by atoms with Crippen LogP contribution in [0.5, 0.6) is 51.7 Å². The van der Waals surface area contributed by atoms with E-state index in [0.29, 0.717) is 78.0 Å². The summed E-state index contributed by atoms with van der Waals surface area (Å²) in [6, 6.07) is 10.1. The summed E-state index contributed by atoms with van der Waals surface area (Å²) in [5.41, 5.74) is 9.78. The standard InChI is InChI=1S/C18H28N2O6.C17H26N2O6.C17H25NO7.CH5N/c1-19-17(21)12-25-13-9-15(22-3)14(16(10-13)23-4)11-20(2)26-18-7-5-6-8-24-18;1-18-16(20)11-24-12-8-14(21-2)13(15(9-12)22-3)10-19-25-17-6-4-5-7-23-17;1-18(25-17-6-4-5-7-23-17)10-13-14(21-2)8-12(9-15(13)22-3)24-11-16(19)20;1-2/h9-10,18H,5-8,11-12H2,1-4H3,(H,19,21);8-9,17,19H,4-7,10-11H2,1-3H3,(H,18,20);8-9,17H,4-7,10-11H2,1-3H3,(H,19,20);2H2,1H3. The van der Waals surface area contributed by atoms with E-state index in [1.807, 2.05) is 14.1 Å². The van der Waals surface area contributed by atoms with Crippen molar-refractivity contribution in [2.45, 2.75) is 96.3 Å². The van der Waals surface area contributed by atoms with Gasteiger partial charge in [-0.3, -0.25) is 24.1 Å². The van der Waals surface area contributed by atoms with Crippen LogP contribution in [0.1, 0.15) is 74.5 Å². The van der Waals surface area contributed by atoms with Gasteiger partial charge in [-0.2, -0.15) is 15.6 Å². The molecule has 3 atom stereocenters. The van der Waals surface area contributed by atoms with E-state index in [-0.39, 0.29) is 43.9 Å². The van der Waals surface area contributed by atoms with Gasteiger partial charge in [-0.1, -0.05) is 0 Å². The van der Waals surface area contributed by atoms with Crippen LogP contribution in [0.2, 0.25) is 0 Å². The number of carboxylic acid groups (broad SMARTS) is 1. The van der Waals surface area contributed by atoms with Gasteiger partial charge in [0.25, 0.3) is 11.8 Å². The van der Waals surface area contributed by atoms with Crippen LogP contribution in [-0.4, -0.2) is 169 Å². The molecule has 3 aromatic carbocycles. The normalized spacial score (nSPS) is 16.8. The number of hydrogen-bond acceptors (Lipinski definition) is 22. The molecule has 3 aliphatic rings. The Kier molecular flexibility index (Phi) is 31.9. The first-order valence-electron chi connectivity index (χ1n) is 25.6. The summed E-state index contributed by atoms with van der Waals surface area (Å²) in [7, 11) is 17.6. The molecule has 0 saturated carbocycles. The number of rotatable bonds is 27. The summed E-state index contributed by atoms with van der Waals surface area (Å²) in [5.74, 6) is 3.24. The van der Waals surface area contributed by atoms with Crippen LogP contribution >= 0.6 is 0 Å². The van der Waals surface area contributed by atoms with Gasteiger partial charge in [0.05, 0.1) is 79.0 Å². The molecule has 3 aromatic rings. The van der Waals surface area contributed by atoms with E-state index in [4.69, 9.17) is 76.5 Å². The minimum absolute atomic E-state index is 0.0792. The number of hydroxylamine groups is 5. The fourth-order valence-corrected chi connectivity index (χ4v) is 7.72. The lowest BCUT2D eigenvalue weighted by Crippen LogP contribution is -2.30. The number of amides is 2. The van der Waals surface area contributed by atoms with Gasteiger partial charge < -0.3 is 78.3 Å². The zero-order valence-corrected chi connectivity index (χ0v) is 47.2. The third kappa shape index (κ3) is 23.5. The number of benzene rings is 3. The summed E-state index contributed by atoms with van der Waals surface area (Å²) >= 11 is 0. The molecule has 6 N–H and O–H groups in total. The second-order valence-corrected chi connectivity index (χ2v) is 17.1. The number of methoxy groups -OCH3 is 6. The molecule has 3 saturated heterocycles. The summed E-state index contributed by atoms with van der Waals surface area (Å²) in [6.45, 7) is 2.79. The largest absolute Gasteiger partial charge is 0.496 e. The van der Waals surface area contributed by atoms with E-state index >= 15 is 0 Å². The first-order chi connectivity index (χ1) is 37.8. The van der Waals surface area contributed by atoms with E-state index in [1.54, 1.807) is 89.1 Å². The van der Waals surface area contributed by atoms with Gasteiger partial charge in [0, 0.05) is 104 Å². The van der Waals surface area contributed by atoms with Crippen molar-refractivity contribution in [2.75, 3.05) is 118 Å². The van der Waals surface area contributed by atoms with Gasteiger partial charge in [0.2, 0.25) is 0 Å². The van der Waals surface area contributed by atoms with Crippen molar-refractivity contribution >= 4 is 17.8 Å². The van der Waals surface area contributed by atoms with E-state index in [1.165, 1.54) is 21.3 Å². The quantitative estimate of drug-likeness (QED) is 0.0646. The maximum atomic E-state index is 11.4. The van der Waals surface area contributed by atoms with Crippen LogP contribution < -0.4 is 64.5 Å². The van der Waals surface area contributed by atoms with Crippen LogP contribution in [0.3, 0.4) is 0 Å². The maximum absolute atomic E-state index is 11.4. The SMILES string of the molecule is CN.CNC(=O)COc1cc(OC)c(CN(C)OC2CCCCO2)c(OC)c1.CNC(=O)COc1cc(OC)c(CNOC2CCCCO2)c(OC)c1.COc1cc(OCC(=O)O)cc(OC)c1CN(C)OC1CCCCO1. The minimum atomic E-state index is -1.05. The van der Waals surface area contributed by atoms with Crippen LogP contribution in [0.25, 0.3) is 0 Å². The third-order valence-electron chi connectivity index (χ3n) is 11.6. The van der Waals surface area contributed by atoms with E-state index in [9.17, 15) is 14.4 Å². The average Bonchev–Trinajstić information content (AvgIpc) is 3.47. The number of carbonyl (C=O) groups excluding carboxylic acids is 2. The average molecular weight is 1110 g/mol.